The number of hydrogen-bond acceptors (Lipinski definition) is 4. The lowest BCUT2D eigenvalue weighted by molar-refractivity contribution is -0.137. The SMILES string of the molecule is CCc1c(C(=O)Nc2ccc(-c3ccc(N(CC(C)CC(=O)O)S(=O)O)cc3)cc2)oc2ccccc12. The number of anilines is 2. The molecule has 0 saturated carbocycles. The number of hydrogen-bond donors (Lipinski definition) is 3. The van der Waals surface area contributed by atoms with Crippen LogP contribution in [0.3, 0.4) is 0 Å². The molecule has 0 bridgehead atoms. The summed E-state index contributed by atoms with van der Waals surface area (Å²) in [5.74, 6) is -1.25. The molecule has 3 aromatic carbocycles. The second-order valence-corrected chi connectivity index (χ2v) is 9.73. The van der Waals surface area contributed by atoms with Crippen LogP contribution in [0.5, 0.6) is 0 Å². The molecule has 1 aromatic heterocycles. The minimum absolute atomic E-state index is 0.0925. The fraction of sp³-hybridized carbons (Fsp3) is 0.214. The molecule has 3 N–H and O–H groups in total. The number of rotatable bonds is 10. The number of aliphatic carboxylic acids is 1. The van der Waals surface area contributed by atoms with E-state index < -0.39 is 17.2 Å². The van der Waals surface area contributed by atoms with E-state index in [0.29, 0.717) is 29.1 Å². The first-order valence-corrected chi connectivity index (χ1v) is 13.0. The number of para-hydroxylation sites is 1. The summed E-state index contributed by atoms with van der Waals surface area (Å²) in [5.41, 5.74) is 4.49. The van der Waals surface area contributed by atoms with Gasteiger partial charge in [0.05, 0.1) is 5.69 Å². The van der Waals surface area contributed by atoms with Crippen LogP contribution >= 0.6 is 0 Å². The van der Waals surface area contributed by atoms with Gasteiger partial charge in [0.1, 0.15) is 5.58 Å². The Morgan fingerprint density at radius 2 is 1.62 bits per heavy atom. The van der Waals surface area contributed by atoms with Gasteiger partial charge in [0.25, 0.3) is 17.2 Å². The lowest BCUT2D eigenvalue weighted by Crippen LogP contribution is -2.31. The lowest BCUT2D eigenvalue weighted by Gasteiger charge is -2.23. The third-order valence-corrected chi connectivity index (χ3v) is 6.82. The molecule has 0 aliphatic rings. The van der Waals surface area contributed by atoms with E-state index in [1.165, 1.54) is 4.31 Å². The number of fused-ring (bicyclic) bond motifs is 1. The van der Waals surface area contributed by atoms with Crippen molar-refractivity contribution in [1.29, 1.82) is 0 Å². The normalized spacial score (nSPS) is 12.7. The number of carboxylic acids is 1. The first-order valence-electron chi connectivity index (χ1n) is 11.9. The highest BCUT2D eigenvalue weighted by molar-refractivity contribution is 7.80. The molecule has 0 aliphatic carbocycles. The molecular weight excluding hydrogens is 492 g/mol. The Morgan fingerprint density at radius 3 is 2.22 bits per heavy atom. The van der Waals surface area contributed by atoms with Gasteiger partial charge in [-0.3, -0.25) is 18.4 Å². The fourth-order valence-electron chi connectivity index (χ4n) is 4.29. The number of aryl methyl sites for hydroxylation is 1. The van der Waals surface area contributed by atoms with Gasteiger partial charge in [-0.15, -0.1) is 0 Å². The lowest BCUT2D eigenvalue weighted by atomic mass is 10.0. The van der Waals surface area contributed by atoms with Crippen LogP contribution in [0.15, 0.2) is 77.2 Å². The van der Waals surface area contributed by atoms with Crippen LogP contribution in [0, 0.1) is 5.92 Å². The van der Waals surface area contributed by atoms with Gasteiger partial charge in [-0.2, -0.15) is 0 Å². The second kappa shape index (κ2) is 11.4. The molecule has 0 radical (unpaired) electrons. The summed E-state index contributed by atoms with van der Waals surface area (Å²) in [6.07, 6.45) is 0.583. The smallest absolute Gasteiger partial charge is 0.303 e. The molecule has 4 aromatic rings. The summed E-state index contributed by atoms with van der Waals surface area (Å²) in [5, 5.41) is 12.8. The molecule has 0 saturated heterocycles. The van der Waals surface area contributed by atoms with Crippen LogP contribution in [-0.4, -0.2) is 32.3 Å². The van der Waals surface area contributed by atoms with Gasteiger partial charge in [0.15, 0.2) is 5.76 Å². The van der Waals surface area contributed by atoms with Crippen molar-refractivity contribution in [2.24, 2.45) is 5.92 Å². The van der Waals surface area contributed by atoms with Gasteiger partial charge < -0.3 is 14.8 Å². The van der Waals surface area contributed by atoms with E-state index in [2.05, 4.69) is 5.32 Å². The number of benzene rings is 3. The van der Waals surface area contributed by atoms with E-state index >= 15 is 0 Å². The van der Waals surface area contributed by atoms with E-state index in [4.69, 9.17) is 9.52 Å². The molecule has 0 aliphatic heterocycles. The Kier molecular flexibility index (Phi) is 8.05. The van der Waals surface area contributed by atoms with E-state index in [-0.39, 0.29) is 24.8 Å². The average Bonchev–Trinajstić information content (AvgIpc) is 3.26. The van der Waals surface area contributed by atoms with E-state index in [1.54, 1.807) is 31.2 Å². The number of furan rings is 1. The van der Waals surface area contributed by atoms with Crippen LogP contribution in [0.1, 0.15) is 36.4 Å². The zero-order valence-corrected chi connectivity index (χ0v) is 21.3. The largest absolute Gasteiger partial charge is 0.481 e. The summed E-state index contributed by atoms with van der Waals surface area (Å²) in [4.78, 5) is 23.9. The van der Waals surface area contributed by atoms with E-state index in [0.717, 1.165) is 22.1 Å². The second-order valence-electron chi connectivity index (χ2n) is 8.83. The molecule has 37 heavy (non-hydrogen) atoms. The molecule has 0 fully saturated rings. The minimum Gasteiger partial charge on any atom is -0.481 e. The quantitative estimate of drug-likeness (QED) is 0.222. The van der Waals surface area contributed by atoms with Crippen LogP contribution in [0.4, 0.5) is 11.4 Å². The topological polar surface area (TPSA) is 120 Å². The maximum atomic E-state index is 12.9. The molecule has 192 valence electrons. The molecule has 0 spiro atoms. The Labute approximate surface area is 217 Å². The van der Waals surface area contributed by atoms with Crippen molar-refractivity contribution in [3.63, 3.8) is 0 Å². The average molecular weight is 521 g/mol. The van der Waals surface area contributed by atoms with Crippen molar-refractivity contribution in [2.75, 3.05) is 16.2 Å². The minimum atomic E-state index is -2.28. The van der Waals surface area contributed by atoms with Gasteiger partial charge in [-0.25, -0.2) is 4.21 Å². The molecule has 9 heteroatoms. The Hall–Kier alpha value is -3.95. The number of carbonyl (C=O) groups excluding carboxylic acids is 1. The number of amides is 1. The molecule has 2 atom stereocenters. The summed E-state index contributed by atoms with van der Waals surface area (Å²) < 4.78 is 28.6. The highest BCUT2D eigenvalue weighted by Gasteiger charge is 2.20. The first kappa shape index (κ1) is 26.1. The van der Waals surface area contributed by atoms with Gasteiger partial charge in [-0.05, 0) is 53.8 Å². The number of nitrogens with zero attached hydrogens (tertiary/aromatic N) is 1. The number of nitrogens with one attached hydrogen (secondary N) is 1. The van der Waals surface area contributed by atoms with Crippen LogP contribution < -0.4 is 9.62 Å². The molecule has 2 unspecified atom stereocenters. The summed E-state index contributed by atoms with van der Waals surface area (Å²) in [6, 6.07) is 22.0. The Bertz CT molecular complexity index is 1430. The Balaban J connectivity index is 1.46. The van der Waals surface area contributed by atoms with Crippen molar-refractivity contribution >= 4 is 45.5 Å². The first-order chi connectivity index (χ1) is 17.8. The molecule has 1 heterocycles. The van der Waals surface area contributed by atoms with Crippen molar-refractivity contribution < 1.29 is 27.9 Å². The summed E-state index contributed by atoms with van der Waals surface area (Å²) in [6.45, 7) is 3.84. The highest BCUT2D eigenvalue weighted by Crippen LogP contribution is 2.29. The highest BCUT2D eigenvalue weighted by atomic mass is 32.2. The molecule has 1 amide bonds. The maximum Gasteiger partial charge on any atom is 0.303 e. The predicted octanol–water partition coefficient (Wildman–Crippen LogP) is 5.97. The van der Waals surface area contributed by atoms with E-state index in [1.807, 2.05) is 55.5 Å². The van der Waals surface area contributed by atoms with Crippen LogP contribution in [0.2, 0.25) is 0 Å². The predicted molar refractivity (Wildman–Crippen MR) is 145 cm³/mol. The van der Waals surface area contributed by atoms with Crippen molar-refractivity contribution in [2.45, 2.75) is 26.7 Å². The third-order valence-electron chi connectivity index (χ3n) is 6.08. The van der Waals surface area contributed by atoms with Gasteiger partial charge in [0, 0.05) is 29.6 Å². The maximum absolute atomic E-state index is 12.9. The summed E-state index contributed by atoms with van der Waals surface area (Å²) >= 11 is -2.28. The van der Waals surface area contributed by atoms with Crippen LogP contribution in [0.25, 0.3) is 22.1 Å². The molecule has 4 rings (SSSR count). The van der Waals surface area contributed by atoms with Crippen LogP contribution in [-0.2, 0) is 22.5 Å². The summed E-state index contributed by atoms with van der Waals surface area (Å²) in [7, 11) is 0. The van der Waals surface area contributed by atoms with E-state index in [9.17, 15) is 18.4 Å². The number of carboxylic acid groups (broad SMARTS) is 1. The zero-order chi connectivity index (χ0) is 26.5. The standard InChI is InChI=1S/C28H28N2O6S/c1-3-23-24-6-4-5-7-25(24)36-27(23)28(33)29-21-12-8-19(9-13-21)20-10-14-22(15-11-20)30(37(34)35)17-18(2)16-26(31)32/h4-15,18H,3,16-17H2,1-2H3,(H,29,33)(H,31,32)(H,34,35). The van der Waals surface area contributed by atoms with Crippen molar-refractivity contribution in [1.82, 2.24) is 0 Å². The molecule has 8 nitrogen and oxygen atoms in total. The zero-order valence-electron chi connectivity index (χ0n) is 20.5. The van der Waals surface area contributed by atoms with Gasteiger partial charge >= 0.3 is 5.97 Å². The van der Waals surface area contributed by atoms with Gasteiger partial charge in [-0.1, -0.05) is 56.3 Å². The third kappa shape index (κ3) is 6.07. The number of carbonyl (C=O) groups is 2. The fourth-order valence-corrected chi connectivity index (χ4v) is 4.98. The van der Waals surface area contributed by atoms with Crippen molar-refractivity contribution in [3.05, 3.63) is 84.1 Å². The molecular formula is C28H28N2O6S. The monoisotopic (exact) mass is 520 g/mol. The Morgan fingerprint density at radius 1 is 1.00 bits per heavy atom. The van der Waals surface area contributed by atoms with Gasteiger partial charge in [0.2, 0.25) is 0 Å². The van der Waals surface area contributed by atoms with Crippen molar-refractivity contribution in [3.8, 4) is 11.1 Å².